The molecule has 7 heteroatoms. The Morgan fingerprint density at radius 3 is 2.67 bits per heavy atom. The third-order valence-corrected chi connectivity index (χ3v) is 6.59. The second kappa shape index (κ2) is 8.73. The van der Waals surface area contributed by atoms with E-state index in [1.165, 1.54) is 0 Å². The lowest BCUT2D eigenvalue weighted by atomic mass is 9.76. The molecule has 1 atom stereocenters. The van der Waals surface area contributed by atoms with E-state index in [4.69, 9.17) is 9.15 Å². The molecule has 3 aromatic rings. The third-order valence-electron chi connectivity index (χ3n) is 6.59. The fourth-order valence-electron chi connectivity index (χ4n) is 4.93. The number of aromatic nitrogens is 1. The lowest BCUT2D eigenvalue weighted by Crippen LogP contribution is -2.52. The molecule has 2 aliphatic heterocycles. The number of hydrogen-bond donors (Lipinski definition) is 1. The summed E-state index contributed by atoms with van der Waals surface area (Å²) in [5.74, 6) is 1.86. The van der Waals surface area contributed by atoms with E-state index in [1.807, 2.05) is 42.2 Å². The molecule has 1 saturated heterocycles. The smallest absolute Gasteiger partial charge is 0.289 e. The minimum Gasteiger partial charge on any atom is -0.487 e. The van der Waals surface area contributed by atoms with Gasteiger partial charge in [-0.3, -0.25) is 14.6 Å². The van der Waals surface area contributed by atoms with E-state index in [-0.39, 0.29) is 23.3 Å². The van der Waals surface area contributed by atoms with Gasteiger partial charge in [-0.05, 0) is 49.2 Å². The molecule has 4 heterocycles. The molecule has 1 fully saturated rings. The van der Waals surface area contributed by atoms with Crippen molar-refractivity contribution in [3.05, 3.63) is 78.0 Å². The number of anilines is 1. The molecule has 1 N–H and O–H groups in total. The number of furan rings is 1. The number of nitrogens with zero attached hydrogens (tertiary/aromatic N) is 2. The maximum atomic E-state index is 12.8. The highest BCUT2D eigenvalue weighted by Crippen LogP contribution is 2.46. The molecule has 5 rings (SSSR count). The first-order valence-corrected chi connectivity index (χ1v) is 11.3. The van der Waals surface area contributed by atoms with Crippen molar-refractivity contribution >= 4 is 17.5 Å². The second-order valence-electron chi connectivity index (χ2n) is 8.92. The molecule has 0 aliphatic carbocycles. The largest absolute Gasteiger partial charge is 0.487 e. The summed E-state index contributed by atoms with van der Waals surface area (Å²) in [6.45, 7) is 3.02. The molecule has 1 aromatic carbocycles. The number of ether oxygens (including phenoxy) is 1. The van der Waals surface area contributed by atoms with Gasteiger partial charge in [-0.25, -0.2) is 0 Å². The molecule has 2 amide bonds. The number of para-hydroxylation sites is 1. The van der Waals surface area contributed by atoms with Crippen molar-refractivity contribution in [1.82, 2.24) is 9.88 Å². The van der Waals surface area contributed by atoms with Crippen LogP contribution in [0.1, 0.15) is 53.5 Å². The Balaban J connectivity index is 1.29. The highest BCUT2D eigenvalue weighted by Gasteiger charge is 2.44. The van der Waals surface area contributed by atoms with Crippen LogP contribution in [-0.4, -0.2) is 40.4 Å². The zero-order chi connectivity index (χ0) is 22.8. The fraction of sp³-hybridized carbons (Fsp3) is 0.346. The van der Waals surface area contributed by atoms with Gasteiger partial charge in [0.05, 0.1) is 11.9 Å². The maximum Gasteiger partial charge on any atom is 0.289 e. The molecular weight excluding hydrogens is 418 g/mol. The molecule has 1 unspecified atom stereocenters. The van der Waals surface area contributed by atoms with Crippen LogP contribution in [0.5, 0.6) is 5.75 Å². The first-order chi connectivity index (χ1) is 16.0. The molecule has 2 aliphatic rings. The number of hydrogen-bond acceptors (Lipinski definition) is 5. The minimum atomic E-state index is -0.385. The number of rotatable bonds is 4. The predicted octanol–water partition coefficient (Wildman–Crippen LogP) is 4.55. The first kappa shape index (κ1) is 21.2. The number of likely N-dealkylation sites (tertiary alicyclic amines) is 1. The number of amides is 2. The highest BCUT2D eigenvalue weighted by molar-refractivity contribution is 5.92. The Morgan fingerprint density at radius 2 is 1.94 bits per heavy atom. The summed E-state index contributed by atoms with van der Waals surface area (Å²) in [7, 11) is 0. The number of carbonyl (C=O) groups is 2. The van der Waals surface area contributed by atoms with Crippen molar-refractivity contribution in [3.63, 3.8) is 0 Å². The van der Waals surface area contributed by atoms with Crippen LogP contribution in [0.4, 0.5) is 5.69 Å². The number of carbonyl (C=O) groups excluding carboxylic acids is 2. The fourth-order valence-corrected chi connectivity index (χ4v) is 4.93. The zero-order valence-corrected chi connectivity index (χ0v) is 18.6. The van der Waals surface area contributed by atoms with Gasteiger partial charge in [0.2, 0.25) is 5.91 Å². The highest BCUT2D eigenvalue weighted by atomic mass is 16.5. The van der Waals surface area contributed by atoms with Gasteiger partial charge in [0.25, 0.3) is 5.91 Å². The number of nitrogens with one attached hydrogen (secondary N) is 1. The monoisotopic (exact) mass is 445 g/mol. The van der Waals surface area contributed by atoms with Crippen molar-refractivity contribution in [2.24, 2.45) is 0 Å². The van der Waals surface area contributed by atoms with Gasteiger partial charge in [-0.2, -0.15) is 0 Å². The van der Waals surface area contributed by atoms with Gasteiger partial charge in [-0.1, -0.05) is 18.2 Å². The number of piperidine rings is 1. The van der Waals surface area contributed by atoms with Gasteiger partial charge >= 0.3 is 0 Å². The lowest BCUT2D eigenvalue weighted by Gasteiger charge is -2.46. The predicted molar refractivity (Wildman–Crippen MR) is 123 cm³/mol. The molecule has 170 valence electrons. The van der Waals surface area contributed by atoms with Crippen LogP contribution in [0, 0.1) is 6.92 Å². The van der Waals surface area contributed by atoms with E-state index in [9.17, 15) is 9.59 Å². The van der Waals surface area contributed by atoms with E-state index in [1.54, 1.807) is 30.6 Å². The van der Waals surface area contributed by atoms with Gasteiger partial charge in [0.1, 0.15) is 17.1 Å². The van der Waals surface area contributed by atoms with Crippen LogP contribution in [0.3, 0.4) is 0 Å². The molecule has 0 bridgehead atoms. The molecular formula is C26H27N3O4. The number of pyridine rings is 1. The van der Waals surface area contributed by atoms with Crippen LogP contribution in [0.15, 0.2) is 65.3 Å². The Bertz CT molecular complexity index is 1150. The Morgan fingerprint density at radius 1 is 1.12 bits per heavy atom. The van der Waals surface area contributed by atoms with E-state index in [2.05, 4.69) is 10.3 Å². The van der Waals surface area contributed by atoms with Gasteiger partial charge in [0, 0.05) is 44.5 Å². The van der Waals surface area contributed by atoms with Crippen LogP contribution < -0.4 is 10.1 Å². The van der Waals surface area contributed by atoms with Gasteiger partial charge in [-0.15, -0.1) is 0 Å². The molecule has 0 saturated carbocycles. The van der Waals surface area contributed by atoms with E-state index < -0.39 is 0 Å². The second-order valence-corrected chi connectivity index (χ2v) is 8.92. The zero-order valence-electron chi connectivity index (χ0n) is 18.6. The van der Waals surface area contributed by atoms with E-state index >= 15 is 0 Å². The van der Waals surface area contributed by atoms with Crippen molar-refractivity contribution in [2.75, 3.05) is 18.4 Å². The van der Waals surface area contributed by atoms with Crippen molar-refractivity contribution in [1.29, 1.82) is 0 Å². The van der Waals surface area contributed by atoms with E-state index in [0.717, 1.165) is 23.5 Å². The Hall–Kier alpha value is -3.61. The standard InChI is InChI=1S/C26H27N3O4/c1-18-8-9-23(32-18)25(31)29-13-10-26(11-14-29)16-19(21-6-2-3-7-22(21)33-26)15-24(30)28-20-5-4-12-27-17-20/h2-9,12,17,19H,10-11,13-16H2,1H3,(H,28,30). The van der Waals surface area contributed by atoms with Crippen LogP contribution in [-0.2, 0) is 4.79 Å². The molecule has 1 spiro atoms. The van der Waals surface area contributed by atoms with Crippen LogP contribution >= 0.6 is 0 Å². The summed E-state index contributed by atoms with van der Waals surface area (Å²) < 4.78 is 12.0. The number of fused-ring (bicyclic) bond motifs is 1. The molecule has 33 heavy (non-hydrogen) atoms. The van der Waals surface area contributed by atoms with Gasteiger partial charge in [0.15, 0.2) is 5.76 Å². The van der Waals surface area contributed by atoms with Crippen molar-refractivity contribution in [3.8, 4) is 5.75 Å². The summed E-state index contributed by atoms with van der Waals surface area (Å²) in [5.41, 5.74) is 1.37. The average Bonchev–Trinajstić information content (AvgIpc) is 3.26. The summed E-state index contributed by atoms with van der Waals surface area (Å²) >= 11 is 0. The molecule has 7 nitrogen and oxygen atoms in total. The summed E-state index contributed by atoms with van der Waals surface area (Å²) in [6, 6.07) is 15.1. The summed E-state index contributed by atoms with van der Waals surface area (Å²) in [6.07, 6.45) is 5.86. The number of benzene rings is 1. The minimum absolute atomic E-state index is 0.0411. The van der Waals surface area contributed by atoms with E-state index in [0.29, 0.717) is 43.8 Å². The first-order valence-electron chi connectivity index (χ1n) is 11.3. The summed E-state index contributed by atoms with van der Waals surface area (Å²) in [5, 5.41) is 2.95. The normalized spacial score (nSPS) is 18.9. The average molecular weight is 446 g/mol. The molecule has 0 radical (unpaired) electrons. The van der Waals surface area contributed by atoms with Crippen LogP contribution in [0.2, 0.25) is 0 Å². The van der Waals surface area contributed by atoms with Gasteiger partial charge < -0.3 is 19.4 Å². The molecule has 2 aromatic heterocycles. The SMILES string of the molecule is Cc1ccc(C(=O)N2CCC3(CC2)CC(CC(=O)Nc2cccnc2)c2ccccc2O3)o1. The number of aryl methyl sites for hydroxylation is 1. The quantitative estimate of drug-likeness (QED) is 0.637. The lowest BCUT2D eigenvalue weighted by molar-refractivity contribution is -0.117. The van der Waals surface area contributed by atoms with Crippen LogP contribution in [0.25, 0.3) is 0 Å². The summed E-state index contributed by atoms with van der Waals surface area (Å²) in [4.78, 5) is 31.5. The Labute approximate surface area is 192 Å². The maximum absolute atomic E-state index is 12.8. The van der Waals surface area contributed by atoms with Crippen molar-refractivity contribution in [2.45, 2.75) is 44.1 Å². The van der Waals surface area contributed by atoms with Crippen molar-refractivity contribution < 1.29 is 18.7 Å². The Kier molecular flexibility index (Phi) is 5.62. The topological polar surface area (TPSA) is 84.7 Å². The third kappa shape index (κ3) is 4.49.